The lowest BCUT2D eigenvalue weighted by Gasteiger charge is -2.21. The molecule has 1 aliphatic heterocycles. The number of aromatic nitrogens is 2. The summed E-state index contributed by atoms with van der Waals surface area (Å²) in [6, 6.07) is 7.15. The molecule has 7 heteroatoms. The number of benzene rings is 1. The van der Waals surface area contributed by atoms with Crippen LogP contribution in [0.25, 0.3) is 0 Å². The fourth-order valence-electron chi connectivity index (χ4n) is 2.82. The summed E-state index contributed by atoms with van der Waals surface area (Å²) in [5, 5.41) is 12.4. The van der Waals surface area contributed by atoms with Crippen molar-refractivity contribution in [3.63, 3.8) is 0 Å². The van der Waals surface area contributed by atoms with Gasteiger partial charge in [0.05, 0.1) is 12.0 Å². The number of anilines is 1. The molecule has 1 saturated carbocycles. The van der Waals surface area contributed by atoms with E-state index in [-0.39, 0.29) is 18.3 Å². The summed E-state index contributed by atoms with van der Waals surface area (Å²) in [6.07, 6.45) is 3.09. The fourth-order valence-corrected chi connectivity index (χ4v) is 3.74. The van der Waals surface area contributed by atoms with Crippen molar-refractivity contribution in [2.75, 3.05) is 5.32 Å². The molecular formula is C16H15N3O3S. The zero-order valence-electron chi connectivity index (χ0n) is 12.3. The van der Waals surface area contributed by atoms with Gasteiger partial charge >= 0.3 is 5.97 Å². The number of cyclic esters (lactones) is 1. The minimum absolute atomic E-state index is 0.0844. The summed E-state index contributed by atoms with van der Waals surface area (Å²) in [5.74, 6) is -0.0989. The summed E-state index contributed by atoms with van der Waals surface area (Å²) in [5.41, 5.74) is 1.30. The number of hydrogen-bond donors (Lipinski definition) is 1. The summed E-state index contributed by atoms with van der Waals surface area (Å²) in [4.78, 5) is 23.9. The quantitative estimate of drug-likeness (QED) is 0.872. The first-order valence-corrected chi connectivity index (χ1v) is 8.45. The van der Waals surface area contributed by atoms with E-state index in [9.17, 15) is 9.59 Å². The van der Waals surface area contributed by atoms with Crippen molar-refractivity contribution in [1.82, 2.24) is 10.2 Å². The molecular weight excluding hydrogens is 314 g/mol. The van der Waals surface area contributed by atoms with Crippen molar-refractivity contribution in [3.8, 4) is 0 Å². The summed E-state index contributed by atoms with van der Waals surface area (Å²) in [6.45, 7) is 0. The molecule has 23 heavy (non-hydrogen) atoms. The lowest BCUT2D eigenvalue weighted by molar-refractivity contribution is -0.118. The Bertz CT molecular complexity index is 769. The highest BCUT2D eigenvalue weighted by Gasteiger charge is 2.32. The largest absolute Gasteiger partial charge is 0.453 e. The van der Waals surface area contributed by atoms with E-state index in [0.29, 0.717) is 16.6 Å². The van der Waals surface area contributed by atoms with E-state index in [1.165, 1.54) is 17.8 Å². The van der Waals surface area contributed by atoms with Gasteiger partial charge in [0, 0.05) is 11.5 Å². The second kappa shape index (κ2) is 5.73. The number of amides is 1. The Labute approximate surface area is 136 Å². The predicted molar refractivity (Wildman–Crippen MR) is 84.3 cm³/mol. The third-order valence-corrected chi connectivity index (χ3v) is 5.29. The maximum absolute atomic E-state index is 12.2. The van der Waals surface area contributed by atoms with E-state index in [2.05, 4.69) is 15.5 Å². The Morgan fingerprint density at radius 2 is 2.13 bits per heavy atom. The number of rotatable bonds is 4. The van der Waals surface area contributed by atoms with Crippen LogP contribution < -0.4 is 5.32 Å². The predicted octanol–water partition coefficient (Wildman–Crippen LogP) is 3.05. The number of carbonyl (C=O) groups excluding carboxylic acids is 2. The van der Waals surface area contributed by atoms with Crippen LogP contribution in [0, 0.1) is 0 Å². The van der Waals surface area contributed by atoms with Crippen LogP contribution in [0.1, 0.15) is 58.6 Å². The topological polar surface area (TPSA) is 81.2 Å². The minimum atomic E-state index is -0.530. The average molecular weight is 329 g/mol. The third kappa shape index (κ3) is 2.72. The van der Waals surface area contributed by atoms with E-state index < -0.39 is 6.10 Å². The van der Waals surface area contributed by atoms with E-state index >= 15 is 0 Å². The Morgan fingerprint density at radius 3 is 2.91 bits per heavy atom. The van der Waals surface area contributed by atoms with Gasteiger partial charge in [0.2, 0.25) is 11.0 Å². The number of carbonyl (C=O) groups is 2. The molecule has 2 aromatic rings. The molecule has 0 radical (unpaired) electrons. The molecule has 1 aromatic heterocycles. The molecule has 1 N–H and O–H groups in total. The van der Waals surface area contributed by atoms with E-state index in [1.807, 2.05) is 12.1 Å². The summed E-state index contributed by atoms with van der Waals surface area (Å²) < 4.78 is 5.28. The van der Waals surface area contributed by atoms with Crippen LogP contribution in [0.2, 0.25) is 0 Å². The Kier molecular flexibility index (Phi) is 3.57. The second-order valence-electron chi connectivity index (χ2n) is 5.81. The first kappa shape index (κ1) is 14.3. The van der Waals surface area contributed by atoms with E-state index in [0.717, 1.165) is 23.4 Å². The van der Waals surface area contributed by atoms with Crippen molar-refractivity contribution < 1.29 is 14.3 Å². The van der Waals surface area contributed by atoms with Gasteiger partial charge in [-0.15, -0.1) is 10.2 Å². The Morgan fingerprint density at radius 1 is 1.30 bits per heavy atom. The van der Waals surface area contributed by atoms with Gasteiger partial charge in [-0.05, 0) is 18.9 Å². The van der Waals surface area contributed by atoms with Gasteiger partial charge < -0.3 is 10.1 Å². The number of fused-ring (bicyclic) bond motifs is 1. The molecule has 0 saturated heterocycles. The van der Waals surface area contributed by atoms with Gasteiger partial charge in [0.25, 0.3) is 0 Å². The molecule has 1 aliphatic carbocycles. The molecule has 1 atom stereocenters. The third-order valence-electron chi connectivity index (χ3n) is 4.29. The van der Waals surface area contributed by atoms with E-state index in [4.69, 9.17) is 4.74 Å². The van der Waals surface area contributed by atoms with Gasteiger partial charge in [0.15, 0.2) is 0 Å². The zero-order chi connectivity index (χ0) is 15.8. The second-order valence-corrected chi connectivity index (χ2v) is 6.82. The molecule has 1 amide bonds. The molecule has 118 valence electrons. The fraction of sp³-hybridized carbons (Fsp3) is 0.375. The van der Waals surface area contributed by atoms with Crippen LogP contribution in [-0.4, -0.2) is 22.1 Å². The maximum Gasteiger partial charge on any atom is 0.339 e. The minimum Gasteiger partial charge on any atom is -0.453 e. The van der Waals surface area contributed by atoms with Gasteiger partial charge in [-0.25, -0.2) is 4.79 Å². The van der Waals surface area contributed by atoms with Crippen LogP contribution in [-0.2, 0) is 9.53 Å². The first-order chi connectivity index (χ1) is 11.2. The van der Waals surface area contributed by atoms with E-state index in [1.54, 1.807) is 12.1 Å². The molecule has 1 fully saturated rings. The van der Waals surface area contributed by atoms with Crippen molar-refractivity contribution >= 4 is 28.3 Å². The van der Waals surface area contributed by atoms with Crippen molar-refractivity contribution in [2.45, 2.75) is 37.7 Å². The first-order valence-electron chi connectivity index (χ1n) is 7.64. The van der Waals surface area contributed by atoms with Crippen molar-refractivity contribution in [1.29, 1.82) is 0 Å². The van der Waals surface area contributed by atoms with Crippen molar-refractivity contribution in [3.05, 3.63) is 40.4 Å². The smallest absolute Gasteiger partial charge is 0.339 e. The monoisotopic (exact) mass is 329 g/mol. The lowest BCUT2D eigenvalue weighted by atomic mass is 9.86. The molecule has 0 bridgehead atoms. The molecule has 6 nitrogen and oxygen atoms in total. The van der Waals surface area contributed by atoms with Crippen LogP contribution in [0.15, 0.2) is 24.3 Å². The highest BCUT2D eigenvalue weighted by molar-refractivity contribution is 7.15. The van der Waals surface area contributed by atoms with Crippen LogP contribution in [0.4, 0.5) is 5.13 Å². The molecule has 0 spiro atoms. The van der Waals surface area contributed by atoms with Gasteiger partial charge in [-0.2, -0.15) is 0 Å². The van der Waals surface area contributed by atoms with Gasteiger partial charge in [-0.3, -0.25) is 4.79 Å². The van der Waals surface area contributed by atoms with Crippen LogP contribution in [0.5, 0.6) is 0 Å². The normalized spacial score (nSPS) is 19.8. The van der Waals surface area contributed by atoms with Crippen molar-refractivity contribution in [2.24, 2.45) is 0 Å². The summed E-state index contributed by atoms with van der Waals surface area (Å²) in [7, 11) is 0. The molecule has 4 rings (SSSR count). The number of esters is 1. The average Bonchev–Trinajstić information content (AvgIpc) is 3.04. The molecule has 1 unspecified atom stereocenters. The van der Waals surface area contributed by atoms with Gasteiger partial charge in [-0.1, -0.05) is 36.0 Å². The highest BCUT2D eigenvalue weighted by atomic mass is 32.1. The molecule has 2 aliphatic rings. The Balaban J connectivity index is 1.41. The number of hydrogen-bond acceptors (Lipinski definition) is 6. The van der Waals surface area contributed by atoms with Crippen LogP contribution in [0.3, 0.4) is 0 Å². The highest BCUT2D eigenvalue weighted by Crippen LogP contribution is 2.38. The Hall–Kier alpha value is -2.28. The SMILES string of the molecule is O=C(CC1OC(=O)c2ccccc21)Nc1nnc(C2CCC2)s1. The molecule has 2 heterocycles. The maximum atomic E-state index is 12.2. The lowest BCUT2D eigenvalue weighted by Crippen LogP contribution is -2.15. The standard InChI is InChI=1S/C16H15N3O3S/c20-13(17-16-19-18-14(23-16)9-4-3-5-9)8-12-10-6-1-2-7-11(10)15(21)22-12/h1-2,6-7,9,12H,3-5,8H2,(H,17,19,20). The molecule has 1 aromatic carbocycles. The number of nitrogens with zero attached hydrogens (tertiary/aromatic N) is 2. The zero-order valence-corrected chi connectivity index (χ0v) is 13.1. The van der Waals surface area contributed by atoms with Gasteiger partial charge in [0.1, 0.15) is 11.1 Å². The van der Waals surface area contributed by atoms with Crippen LogP contribution >= 0.6 is 11.3 Å². The number of nitrogens with one attached hydrogen (secondary N) is 1. The number of ether oxygens (including phenoxy) is 1. The summed E-state index contributed by atoms with van der Waals surface area (Å²) >= 11 is 1.43.